The predicted molar refractivity (Wildman–Crippen MR) is 102 cm³/mol. The first kappa shape index (κ1) is 21.1. The van der Waals surface area contributed by atoms with Crippen molar-refractivity contribution in [1.82, 2.24) is 0 Å². The zero-order valence-electron chi connectivity index (χ0n) is 16.0. The van der Waals surface area contributed by atoms with Crippen molar-refractivity contribution in [1.29, 1.82) is 0 Å². The number of unbranched alkanes of at least 4 members (excludes halogenated alkanes) is 1. The van der Waals surface area contributed by atoms with Crippen molar-refractivity contribution < 1.29 is 4.43 Å². The van der Waals surface area contributed by atoms with Gasteiger partial charge in [-0.05, 0) is 48.5 Å². The van der Waals surface area contributed by atoms with Gasteiger partial charge in [-0.3, -0.25) is 0 Å². The molecule has 0 saturated carbocycles. The molecular formula is C20H36OSi. The summed E-state index contributed by atoms with van der Waals surface area (Å²) >= 11 is 0. The maximum absolute atomic E-state index is 6.77. The second-order valence-electron chi connectivity index (χ2n) is 6.80. The average molecular weight is 321 g/mol. The van der Waals surface area contributed by atoms with Gasteiger partial charge in [0.25, 0.3) is 8.32 Å². The summed E-state index contributed by atoms with van der Waals surface area (Å²) in [5.74, 6) is 7.14. The Balaban J connectivity index is 5.43. The van der Waals surface area contributed by atoms with E-state index in [-0.39, 0.29) is 0 Å². The number of allylic oxidation sites excluding steroid dienone is 3. The van der Waals surface area contributed by atoms with Crippen molar-refractivity contribution in [3.8, 4) is 11.8 Å². The number of rotatable bonds is 9. The van der Waals surface area contributed by atoms with Crippen LogP contribution in [0.15, 0.2) is 24.0 Å². The van der Waals surface area contributed by atoms with Crippen molar-refractivity contribution in [2.24, 2.45) is 0 Å². The molecule has 0 aliphatic rings. The van der Waals surface area contributed by atoms with Gasteiger partial charge in [0, 0.05) is 6.42 Å². The summed E-state index contributed by atoms with van der Waals surface area (Å²) in [6.45, 7) is 18.0. The molecule has 0 heterocycles. The van der Waals surface area contributed by atoms with Crippen LogP contribution in [0.25, 0.3) is 0 Å². The maximum Gasteiger partial charge on any atom is 0.258 e. The molecule has 0 aliphatic carbocycles. The Morgan fingerprint density at radius 1 is 1.05 bits per heavy atom. The summed E-state index contributed by atoms with van der Waals surface area (Å²) in [5.41, 5.74) is 1.80. The third-order valence-electron chi connectivity index (χ3n) is 4.31. The first-order valence-electron chi connectivity index (χ1n) is 8.78. The minimum Gasteiger partial charge on any atom is -0.543 e. The van der Waals surface area contributed by atoms with Crippen LogP contribution >= 0.6 is 0 Å². The van der Waals surface area contributed by atoms with E-state index in [0.717, 1.165) is 25.0 Å². The Kier molecular flexibility index (Phi) is 10.3. The average Bonchev–Trinajstić information content (AvgIpc) is 2.44. The lowest BCUT2D eigenvalue weighted by atomic mass is 10.2. The van der Waals surface area contributed by atoms with Gasteiger partial charge < -0.3 is 4.43 Å². The highest BCUT2D eigenvalue weighted by Crippen LogP contribution is 2.43. The molecular weight excluding hydrogens is 284 g/mol. The molecule has 0 fully saturated rings. The smallest absolute Gasteiger partial charge is 0.258 e. The zero-order chi connectivity index (χ0) is 17.2. The van der Waals surface area contributed by atoms with E-state index in [9.17, 15) is 0 Å². The van der Waals surface area contributed by atoms with Gasteiger partial charge in [-0.25, -0.2) is 0 Å². The van der Waals surface area contributed by atoms with Crippen LogP contribution in [0.1, 0.15) is 74.7 Å². The molecule has 0 bridgehead atoms. The van der Waals surface area contributed by atoms with E-state index in [1.54, 1.807) is 0 Å². The van der Waals surface area contributed by atoms with Gasteiger partial charge in [0.05, 0.1) is 5.76 Å². The Morgan fingerprint density at radius 2 is 1.59 bits per heavy atom. The quantitative estimate of drug-likeness (QED) is 0.149. The summed E-state index contributed by atoms with van der Waals surface area (Å²) < 4.78 is 6.77. The third-order valence-corrected chi connectivity index (χ3v) is 10.3. The normalized spacial score (nSPS) is 13.1. The molecule has 0 atom stereocenters. The number of hydrogen-bond acceptors (Lipinski definition) is 1. The zero-order valence-corrected chi connectivity index (χ0v) is 17.0. The van der Waals surface area contributed by atoms with Gasteiger partial charge in [-0.2, -0.15) is 0 Å². The van der Waals surface area contributed by atoms with Crippen LogP contribution in [0.3, 0.4) is 0 Å². The molecule has 0 saturated heterocycles. The monoisotopic (exact) mass is 320 g/mol. The molecule has 0 radical (unpaired) electrons. The van der Waals surface area contributed by atoms with Gasteiger partial charge in [0.1, 0.15) is 0 Å². The van der Waals surface area contributed by atoms with Crippen LogP contribution < -0.4 is 0 Å². The lowest BCUT2D eigenvalue weighted by molar-refractivity contribution is 0.384. The summed E-state index contributed by atoms with van der Waals surface area (Å²) in [4.78, 5) is 0. The van der Waals surface area contributed by atoms with E-state index in [4.69, 9.17) is 4.43 Å². The van der Waals surface area contributed by atoms with E-state index >= 15 is 0 Å². The molecule has 0 N–H and O–H groups in total. The van der Waals surface area contributed by atoms with Gasteiger partial charge >= 0.3 is 0 Å². The molecule has 2 heteroatoms. The molecule has 0 rings (SSSR count). The van der Waals surface area contributed by atoms with Gasteiger partial charge in [0.15, 0.2) is 0 Å². The topological polar surface area (TPSA) is 9.23 Å². The standard InChI is InChI=1S/C20H36OSi/c1-9-11-13-14-16-20(15-12-10-2)21-22(17(3)4,18(5)6)19(7)8/h12,15-19H,10,13-14H2,1-8H3/b15-12+,20-16-. The van der Waals surface area contributed by atoms with Crippen molar-refractivity contribution in [3.63, 3.8) is 0 Å². The maximum atomic E-state index is 6.77. The predicted octanol–water partition coefficient (Wildman–Crippen LogP) is 6.83. The molecule has 22 heavy (non-hydrogen) atoms. The van der Waals surface area contributed by atoms with Crippen LogP contribution in [0.4, 0.5) is 0 Å². The van der Waals surface area contributed by atoms with E-state index in [1.807, 2.05) is 6.92 Å². The molecule has 126 valence electrons. The number of hydrogen-bond donors (Lipinski definition) is 0. The highest BCUT2D eigenvalue weighted by atomic mass is 28.4. The summed E-state index contributed by atoms with van der Waals surface area (Å²) in [7, 11) is -1.86. The second-order valence-corrected chi connectivity index (χ2v) is 12.2. The molecule has 0 aromatic rings. The Hall–Kier alpha value is -0.943. The van der Waals surface area contributed by atoms with Crippen molar-refractivity contribution in [3.05, 3.63) is 24.0 Å². The molecule has 0 aliphatic heterocycles. The molecule has 0 aromatic carbocycles. The van der Waals surface area contributed by atoms with E-state index in [1.165, 1.54) is 0 Å². The van der Waals surface area contributed by atoms with Gasteiger partial charge in [-0.1, -0.05) is 54.5 Å². The SMILES string of the molecule is CC#CCC/C=C(/C=C/CC)O[Si](C(C)C)(C(C)C)C(C)C. The van der Waals surface area contributed by atoms with E-state index in [2.05, 4.69) is 78.5 Å². The highest BCUT2D eigenvalue weighted by Gasteiger charge is 2.47. The molecule has 0 aromatic heterocycles. The van der Waals surface area contributed by atoms with Crippen LogP contribution in [0.5, 0.6) is 0 Å². The first-order chi connectivity index (χ1) is 10.3. The fourth-order valence-corrected chi connectivity index (χ4v) is 8.61. The van der Waals surface area contributed by atoms with Crippen LogP contribution in [-0.4, -0.2) is 8.32 Å². The summed E-state index contributed by atoms with van der Waals surface area (Å²) in [5, 5.41) is 0. The van der Waals surface area contributed by atoms with E-state index < -0.39 is 8.32 Å². The lowest BCUT2D eigenvalue weighted by Gasteiger charge is -2.42. The minimum atomic E-state index is -1.86. The van der Waals surface area contributed by atoms with Crippen molar-refractivity contribution in [2.75, 3.05) is 0 Å². The summed E-state index contributed by atoms with van der Waals surface area (Å²) in [6.07, 6.45) is 9.48. The minimum absolute atomic E-state index is 0.598. The van der Waals surface area contributed by atoms with Crippen LogP contribution in [-0.2, 0) is 4.43 Å². The Bertz CT molecular complexity index is 397. The third kappa shape index (κ3) is 6.05. The molecule has 0 amide bonds. The molecule has 1 nitrogen and oxygen atoms in total. The van der Waals surface area contributed by atoms with Crippen LogP contribution in [0.2, 0.25) is 16.6 Å². The van der Waals surface area contributed by atoms with Crippen LogP contribution in [0, 0.1) is 11.8 Å². The fourth-order valence-electron chi connectivity index (χ4n) is 3.35. The lowest BCUT2D eigenvalue weighted by Crippen LogP contribution is -2.47. The van der Waals surface area contributed by atoms with Crippen molar-refractivity contribution in [2.45, 2.75) is 91.3 Å². The highest BCUT2D eigenvalue weighted by molar-refractivity contribution is 6.77. The fraction of sp³-hybridized carbons (Fsp3) is 0.700. The second kappa shape index (κ2) is 10.7. The Labute approximate surface area is 140 Å². The molecule has 0 unspecified atom stereocenters. The Morgan fingerprint density at radius 3 is 2.00 bits per heavy atom. The molecule has 0 spiro atoms. The van der Waals surface area contributed by atoms with Gasteiger partial charge in [-0.15, -0.1) is 11.8 Å². The van der Waals surface area contributed by atoms with Crippen molar-refractivity contribution >= 4 is 8.32 Å². The largest absolute Gasteiger partial charge is 0.543 e. The summed E-state index contributed by atoms with van der Waals surface area (Å²) in [6, 6.07) is 0. The first-order valence-corrected chi connectivity index (χ1v) is 10.9. The van der Waals surface area contributed by atoms with Gasteiger partial charge in [0.2, 0.25) is 0 Å². The van der Waals surface area contributed by atoms with E-state index in [0.29, 0.717) is 16.6 Å².